The van der Waals surface area contributed by atoms with Crippen LogP contribution in [-0.4, -0.2) is 47.4 Å². The molecular formula is C19H22N4O2S. The lowest BCUT2D eigenvalue weighted by Gasteiger charge is -2.44. The fourth-order valence-electron chi connectivity index (χ4n) is 3.78. The molecule has 0 radical (unpaired) electrons. The minimum Gasteiger partial charge on any atom is -0.347 e. The third-order valence-electron chi connectivity index (χ3n) is 5.15. The summed E-state index contributed by atoms with van der Waals surface area (Å²) in [4.78, 5) is 31.2. The molecule has 3 aliphatic heterocycles. The van der Waals surface area contributed by atoms with E-state index in [0.29, 0.717) is 10.8 Å². The van der Waals surface area contributed by atoms with Gasteiger partial charge in [-0.2, -0.15) is 0 Å². The molecule has 3 aliphatic rings. The van der Waals surface area contributed by atoms with Crippen LogP contribution >= 0.6 is 11.3 Å². The Balaban J connectivity index is 1.42. The molecule has 6 nitrogen and oxygen atoms in total. The zero-order chi connectivity index (χ0) is 18.1. The zero-order valence-corrected chi connectivity index (χ0v) is 15.5. The molecule has 7 heteroatoms. The lowest BCUT2D eigenvalue weighted by atomic mass is 9.84. The number of anilines is 1. The standard InChI is InChI=1S/C19H22N4O2S/c1-12(24)21-15-4-2-14(3-5-15)19-20-10-17(26-19)18(25)22-16-11-23-8-6-13(16)7-9-23/h2-5,10,13,16H,6-9,11H2,1H3,(H,21,24)(H,22,25). The van der Waals surface area contributed by atoms with Crippen molar-refractivity contribution in [1.29, 1.82) is 0 Å². The summed E-state index contributed by atoms with van der Waals surface area (Å²) in [7, 11) is 0. The summed E-state index contributed by atoms with van der Waals surface area (Å²) in [6.45, 7) is 4.77. The Morgan fingerprint density at radius 2 is 1.92 bits per heavy atom. The maximum atomic E-state index is 12.6. The number of aromatic nitrogens is 1. The predicted octanol–water partition coefficient (Wildman–Crippen LogP) is 2.59. The first-order valence-corrected chi connectivity index (χ1v) is 9.77. The number of fused-ring (bicyclic) bond motifs is 3. The van der Waals surface area contributed by atoms with E-state index in [1.807, 2.05) is 24.3 Å². The molecule has 1 atom stereocenters. The second-order valence-corrected chi connectivity index (χ2v) is 8.04. The highest BCUT2D eigenvalue weighted by Crippen LogP contribution is 2.29. The van der Waals surface area contributed by atoms with E-state index in [-0.39, 0.29) is 17.9 Å². The van der Waals surface area contributed by atoms with E-state index in [0.717, 1.165) is 35.9 Å². The van der Waals surface area contributed by atoms with Gasteiger partial charge in [-0.1, -0.05) is 0 Å². The first kappa shape index (κ1) is 17.2. The van der Waals surface area contributed by atoms with Crippen molar-refractivity contribution < 1.29 is 9.59 Å². The van der Waals surface area contributed by atoms with Crippen LogP contribution in [-0.2, 0) is 4.79 Å². The lowest BCUT2D eigenvalue weighted by Crippen LogP contribution is -2.57. The van der Waals surface area contributed by atoms with Crippen LogP contribution in [0.4, 0.5) is 5.69 Å². The van der Waals surface area contributed by atoms with Crippen LogP contribution < -0.4 is 10.6 Å². The number of nitrogens with one attached hydrogen (secondary N) is 2. The number of benzene rings is 1. The zero-order valence-electron chi connectivity index (χ0n) is 14.7. The molecule has 2 bridgehead atoms. The molecule has 1 aromatic carbocycles. The van der Waals surface area contributed by atoms with Gasteiger partial charge in [0.15, 0.2) is 0 Å². The number of amides is 2. The van der Waals surface area contributed by atoms with E-state index in [9.17, 15) is 9.59 Å². The number of thiazole rings is 1. The Kier molecular flexibility index (Phi) is 4.74. The number of piperidine rings is 3. The molecular weight excluding hydrogens is 348 g/mol. The van der Waals surface area contributed by atoms with Crippen LogP contribution in [0.3, 0.4) is 0 Å². The van der Waals surface area contributed by atoms with E-state index in [4.69, 9.17) is 0 Å². The van der Waals surface area contributed by atoms with Gasteiger partial charge in [-0.25, -0.2) is 4.98 Å². The van der Waals surface area contributed by atoms with E-state index in [1.165, 1.54) is 31.1 Å². The summed E-state index contributed by atoms with van der Waals surface area (Å²) in [6, 6.07) is 7.74. The van der Waals surface area contributed by atoms with Crippen LogP contribution in [0.2, 0.25) is 0 Å². The Hall–Kier alpha value is -2.25. The highest BCUT2D eigenvalue weighted by molar-refractivity contribution is 7.16. The van der Waals surface area contributed by atoms with Crippen molar-refractivity contribution in [3.8, 4) is 10.6 Å². The quantitative estimate of drug-likeness (QED) is 0.868. The first-order chi connectivity index (χ1) is 12.6. The van der Waals surface area contributed by atoms with Gasteiger partial charge in [-0.3, -0.25) is 9.59 Å². The molecule has 0 saturated carbocycles. The van der Waals surface area contributed by atoms with Crippen molar-refractivity contribution in [3.63, 3.8) is 0 Å². The number of carbonyl (C=O) groups is 2. The molecule has 0 spiro atoms. The molecule has 3 fully saturated rings. The fraction of sp³-hybridized carbons (Fsp3) is 0.421. The molecule has 2 amide bonds. The molecule has 136 valence electrons. The van der Waals surface area contributed by atoms with Gasteiger partial charge in [-0.05, 0) is 56.1 Å². The Labute approximate surface area is 156 Å². The number of hydrogen-bond donors (Lipinski definition) is 2. The highest BCUT2D eigenvalue weighted by atomic mass is 32.1. The molecule has 5 rings (SSSR count). The van der Waals surface area contributed by atoms with Gasteiger partial charge in [0.05, 0.1) is 6.20 Å². The van der Waals surface area contributed by atoms with Crippen LogP contribution in [0.1, 0.15) is 29.4 Å². The van der Waals surface area contributed by atoms with Crippen LogP contribution in [0.5, 0.6) is 0 Å². The van der Waals surface area contributed by atoms with Crippen molar-refractivity contribution in [1.82, 2.24) is 15.2 Å². The summed E-state index contributed by atoms with van der Waals surface area (Å²) >= 11 is 1.40. The largest absolute Gasteiger partial charge is 0.347 e. The van der Waals surface area contributed by atoms with E-state index < -0.39 is 0 Å². The van der Waals surface area contributed by atoms with Crippen molar-refractivity contribution >= 4 is 28.8 Å². The predicted molar refractivity (Wildman–Crippen MR) is 102 cm³/mol. The molecule has 0 aliphatic carbocycles. The van der Waals surface area contributed by atoms with Crippen LogP contribution in [0, 0.1) is 5.92 Å². The second-order valence-electron chi connectivity index (χ2n) is 7.01. The van der Waals surface area contributed by atoms with E-state index in [1.54, 1.807) is 6.20 Å². The van der Waals surface area contributed by atoms with E-state index in [2.05, 4.69) is 20.5 Å². The Morgan fingerprint density at radius 3 is 2.54 bits per heavy atom. The van der Waals surface area contributed by atoms with Gasteiger partial charge in [0, 0.05) is 30.8 Å². The number of rotatable bonds is 4. The van der Waals surface area contributed by atoms with Gasteiger partial charge >= 0.3 is 0 Å². The number of carbonyl (C=O) groups excluding carboxylic acids is 2. The average Bonchev–Trinajstić information content (AvgIpc) is 3.13. The second kappa shape index (κ2) is 7.17. The molecule has 2 aromatic rings. The summed E-state index contributed by atoms with van der Waals surface area (Å²) in [5.41, 5.74) is 1.68. The van der Waals surface area contributed by atoms with Gasteiger partial charge in [0.25, 0.3) is 5.91 Å². The summed E-state index contributed by atoms with van der Waals surface area (Å²) < 4.78 is 0. The minimum absolute atomic E-state index is 0.0256. The third-order valence-corrected chi connectivity index (χ3v) is 6.20. The minimum atomic E-state index is -0.0984. The maximum Gasteiger partial charge on any atom is 0.263 e. The van der Waals surface area contributed by atoms with Gasteiger partial charge in [0.2, 0.25) is 5.91 Å². The van der Waals surface area contributed by atoms with Crippen molar-refractivity contribution in [2.75, 3.05) is 25.0 Å². The van der Waals surface area contributed by atoms with E-state index >= 15 is 0 Å². The molecule has 2 N–H and O–H groups in total. The smallest absolute Gasteiger partial charge is 0.263 e. The maximum absolute atomic E-state index is 12.6. The molecule has 1 aromatic heterocycles. The fourth-order valence-corrected chi connectivity index (χ4v) is 4.60. The third kappa shape index (κ3) is 3.64. The molecule has 4 heterocycles. The summed E-state index contributed by atoms with van der Waals surface area (Å²) in [5.74, 6) is 0.485. The summed E-state index contributed by atoms with van der Waals surface area (Å²) in [5, 5.41) is 6.75. The summed E-state index contributed by atoms with van der Waals surface area (Å²) in [6.07, 6.45) is 4.01. The lowest BCUT2D eigenvalue weighted by molar-refractivity contribution is -0.114. The highest BCUT2D eigenvalue weighted by Gasteiger charge is 2.35. The van der Waals surface area contributed by atoms with Crippen LogP contribution in [0.15, 0.2) is 30.5 Å². The first-order valence-electron chi connectivity index (χ1n) is 8.95. The monoisotopic (exact) mass is 370 g/mol. The average molecular weight is 370 g/mol. The molecule has 1 unspecified atom stereocenters. The van der Waals surface area contributed by atoms with Gasteiger partial charge in [-0.15, -0.1) is 11.3 Å². The SMILES string of the molecule is CC(=O)Nc1ccc(-c2ncc(C(=O)NC3CN4CCC3CC4)s2)cc1. The van der Waals surface area contributed by atoms with Crippen molar-refractivity contribution in [2.45, 2.75) is 25.8 Å². The molecule has 3 saturated heterocycles. The Morgan fingerprint density at radius 1 is 1.19 bits per heavy atom. The molecule has 26 heavy (non-hydrogen) atoms. The van der Waals surface area contributed by atoms with Crippen molar-refractivity contribution in [3.05, 3.63) is 35.3 Å². The number of hydrogen-bond acceptors (Lipinski definition) is 5. The van der Waals surface area contributed by atoms with Crippen LogP contribution in [0.25, 0.3) is 10.6 Å². The normalized spacial score (nSPS) is 24.3. The van der Waals surface area contributed by atoms with Gasteiger partial charge in [0.1, 0.15) is 9.88 Å². The number of nitrogens with zero attached hydrogens (tertiary/aromatic N) is 2. The Bertz CT molecular complexity index is 809. The van der Waals surface area contributed by atoms with Gasteiger partial charge < -0.3 is 15.5 Å². The topological polar surface area (TPSA) is 74.3 Å². The van der Waals surface area contributed by atoms with Crippen molar-refractivity contribution in [2.24, 2.45) is 5.92 Å².